The Morgan fingerprint density at radius 2 is 1.16 bits per heavy atom. The number of rotatable bonds is 1. The van der Waals surface area contributed by atoms with E-state index in [1.54, 1.807) is 0 Å². The van der Waals surface area contributed by atoms with E-state index in [1.165, 1.54) is 0 Å². The minimum atomic E-state index is -0.454. The molecule has 4 nitrogen and oxygen atoms in total. The molecule has 2 fully saturated rings. The van der Waals surface area contributed by atoms with Crippen LogP contribution in [0.15, 0.2) is 0 Å². The molecular weight excluding hydrogens is 242 g/mol. The summed E-state index contributed by atoms with van der Waals surface area (Å²) in [6.45, 7) is 18.1. The third-order valence-corrected chi connectivity index (χ3v) is 4.23. The summed E-state index contributed by atoms with van der Waals surface area (Å²) in [6, 6.07) is 0. The number of hydrogen-bond donors (Lipinski definition) is 0. The zero-order chi connectivity index (χ0) is 15.1. The molecule has 0 N–H and O–H groups in total. The zero-order valence-electron chi connectivity index (χ0n) is 13.9. The normalized spacial score (nSPS) is 31.1. The summed E-state index contributed by atoms with van der Waals surface area (Å²) >= 11 is 0. The van der Waals surface area contributed by atoms with Gasteiger partial charge in [0.15, 0.2) is 0 Å². The molecule has 2 rings (SSSR count). The highest BCUT2D eigenvalue weighted by Gasteiger charge is 2.61. The molecule has 0 amide bonds. The predicted molar refractivity (Wildman–Crippen MR) is 78.9 cm³/mol. The van der Waals surface area contributed by atoms with Gasteiger partial charge in [-0.3, -0.25) is 0 Å². The SMILES string of the molecule is CC.CC1OB(B2OC(C)(C)C(C)(C)O2)OC1(C)C. The third kappa shape index (κ3) is 3.18. The van der Waals surface area contributed by atoms with E-state index in [0.717, 1.165) is 0 Å². The van der Waals surface area contributed by atoms with Gasteiger partial charge in [-0.15, -0.1) is 0 Å². The molecule has 0 radical (unpaired) electrons. The molecule has 1 atom stereocenters. The van der Waals surface area contributed by atoms with Crippen molar-refractivity contribution < 1.29 is 18.6 Å². The Labute approximate surface area is 118 Å². The van der Waals surface area contributed by atoms with Crippen molar-refractivity contribution in [2.45, 2.75) is 85.2 Å². The van der Waals surface area contributed by atoms with Crippen LogP contribution in [0.2, 0.25) is 0 Å². The Morgan fingerprint density at radius 3 is 1.47 bits per heavy atom. The summed E-state index contributed by atoms with van der Waals surface area (Å²) in [5.41, 5.74) is -0.991. The van der Waals surface area contributed by atoms with Crippen LogP contribution < -0.4 is 0 Å². The lowest BCUT2D eigenvalue weighted by atomic mass is 9.49. The molecule has 0 spiro atoms. The minimum absolute atomic E-state index is 0.0338. The summed E-state index contributed by atoms with van der Waals surface area (Å²) in [6.07, 6.45) is 0.0338. The lowest BCUT2D eigenvalue weighted by molar-refractivity contribution is 0.00578. The molecule has 2 aliphatic rings. The van der Waals surface area contributed by atoms with Crippen LogP contribution in [0.3, 0.4) is 0 Å². The highest BCUT2D eigenvalue weighted by Crippen LogP contribution is 2.39. The molecule has 2 saturated heterocycles. The third-order valence-electron chi connectivity index (χ3n) is 4.23. The second-order valence-electron chi connectivity index (χ2n) is 6.49. The maximum absolute atomic E-state index is 5.92. The largest absolute Gasteiger partial charge is 0.488 e. The van der Waals surface area contributed by atoms with Crippen LogP contribution in [-0.4, -0.2) is 36.9 Å². The van der Waals surface area contributed by atoms with E-state index in [0.29, 0.717) is 0 Å². The second kappa shape index (κ2) is 5.40. The molecule has 110 valence electrons. The molecular formula is C13H28B2O4. The molecule has 2 heterocycles. The van der Waals surface area contributed by atoms with E-state index >= 15 is 0 Å². The molecule has 0 aliphatic carbocycles. The van der Waals surface area contributed by atoms with E-state index < -0.39 is 14.0 Å². The van der Waals surface area contributed by atoms with E-state index in [9.17, 15) is 0 Å². The fourth-order valence-corrected chi connectivity index (χ4v) is 1.91. The van der Waals surface area contributed by atoms with Crippen LogP contribution >= 0.6 is 0 Å². The lowest BCUT2D eigenvalue weighted by Gasteiger charge is -2.32. The van der Waals surface area contributed by atoms with Crippen molar-refractivity contribution in [3.05, 3.63) is 0 Å². The average Bonchev–Trinajstić information content (AvgIpc) is 2.65. The quantitative estimate of drug-likeness (QED) is 0.686. The van der Waals surface area contributed by atoms with Crippen molar-refractivity contribution in [2.75, 3.05) is 0 Å². The van der Waals surface area contributed by atoms with Crippen molar-refractivity contribution >= 4 is 14.0 Å². The fourth-order valence-electron chi connectivity index (χ4n) is 1.91. The Kier molecular flexibility index (Phi) is 4.83. The molecule has 19 heavy (non-hydrogen) atoms. The first kappa shape index (κ1) is 17.0. The fraction of sp³-hybridized carbons (Fsp3) is 1.00. The molecule has 2 aliphatic heterocycles. The van der Waals surface area contributed by atoms with Crippen LogP contribution in [-0.2, 0) is 18.6 Å². The van der Waals surface area contributed by atoms with E-state index in [1.807, 2.05) is 62.3 Å². The molecule has 1 unspecified atom stereocenters. The predicted octanol–water partition coefficient (Wildman–Crippen LogP) is 2.89. The van der Waals surface area contributed by atoms with Gasteiger partial charge >= 0.3 is 14.0 Å². The Hall–Kier alpha value is -0.0301. The maximum atomic E-state index is 5.92. The van der Waals surface area contributed by atoms with Crippen molar-refractivity contribution in [3.8, 4) is 0 Å². The van der Waals surface area contributed by atoms with Gasteiger partial charge in [0.1, 0.15) is 0 Å². The van der Waals surface area contributed by atoms with Gasteiger partial charge in [-0.1, -0.05) is 13.8 Å². The summed E-state index contributed by atoms with van der Waals surface area (Å²) in [5.74, 6) is 0. The average molecular weight is 270 g/mol. The van der Waals surface area contributed by atoms with Gasteiger partial charge in [0.25, 0.3) is 0 Å². The van der Waals surface area contributed by atoms with Gasteiger partial charge < -0.3 is 18.6 Å². The van der Waals surface area contributed by atoms with Crippen molar-refractivity contribution in [2.24, 2.45) is 0 Å². The Bertz CT molecular complexity index is 302. The van der Waals surface area contributed by atoms with Gasteiger partial charge in [0.05, 0.1) is 22.9 Å². The molecule has 0 aromatic rings. The van der Waals surface area contributed by atoms with Gasteiger partial charge in [-0.2, -0.15) is 0 Å². The smallest absolute Gasteiger partial charge is 0.408 e. The van der Waals surface area contributed by atoms with E-state index in [-0.39, 0.29) is 22.9 Å². The van der Waals surface area contributed by atoms with Crippen LogP contribution in [0.5, 0.6) is 0 Å². The standard InChI is InChI=1S/C11H22B2O4.C2H6/c1-8-9(2,3)15-12(14-8)13-16-10(4,5)11(6,7)17-13;1-2/h8H,1-7H3;1-2H3. The molecule has 0 aromatic heterocycles. The van der Waals surface area contributed by atoms with Crippen molar-refractivity contribution in [1.29, 1.82) is 0 Å². The van der Waals surface area contributed by atoms with E-state index in [4.69, 9.17) is 18.6 Å². The molecule has 0 saturated carbocycles. The van der Waals surface area contributed by atoms with Crippen LogP contribution in [0.25, 0.3) is 0 Å². The second-order valence-corrected chi connectivity index (χ2v) is 6.49. The minimum Gasteiger partial charge on any atom is -0.408 e. The number of hydrogen-bond acceptors (Lipinski definition) is 4. The van der Waals surface area contributed by atoms with Gasteiger partial charge in [-0.05, 0) is 48.5 Å². The van der Waals surface area contributed by atoms with Crippen LogP contribution in [0.1, 0.15) is 62.3 Å². The van der Waals surface area contributed by atoms with E-state index in [2.05, 4.69) is 0 Å². The topological polar surface area (TPSA) is 36.9 Å². The first-order valence-corrected chi connectivity index (χ1v) is 7.24. The highest BCUT2D eigenvalue weighted by atomic mass is 16.7. The zero-order valence-corrected chi connectivity index (χ0v) is 13.9. The first-order chi connectivity index (χ1) is 8.55. The Morgan fingerprint density at radius 1 is 0.737 bits per heavy atom. The van der Waals surface area contributed by atoms with Gasteiger partial charge in [-0.25, -0.2) is 0 Å². The summed E-state index contributed by atoms with van der Waals surface area (Å²) in [7, 11) is -0.898. The Balaban J connectivity index is 0.000000861. The highest BCUT2D eigenvalue weighted by molar-refractivity contribution is 7.11. The summed E-state index contributed by atoms with van der Waals surface area (Å²) in [4.78, 5) is 0. The van der Waals surface area contributed by atoms with Crippen molar-refractivity contribution in [3.63, 3.8) is 0 Å². The molecule has 6 heteroatoms. The summed E-state index contributed by atoms with van der Waals surface area (Å²) < 4.78 is 23.5. The monoisotopic (exact) mass is 270 g/mol. The van der Waals surface area contributed by atoms with Crippen LogP contribution in [0.4, 0.5) is 0 Å². The molecule has 0 bridgehead atoms. The maximum Gasteiger partial charge on any atom is 0.488 e. The summed E-state index contributed by atoms with van der Waals surface area (Å²) in [5, 5.41) is 0. The molecule has 0 aromatic carbocycles. The first-order valence-electron chi connectivity index (χ1n) is 7.24. The van der Waals surface area contributed by atoms with Crippen molar-refractivity contribution in [1.82, 2.24) is 0 Å². The lowest BCUT2D eigenvalue weighted by Crippen LogP contribution is -2.41. The van der Waals surface area contributed by atoms with Gasteiger partial charge in [0, 0.05) is 0 Å². The van der Waals surface area contributed by atoms with Gasteiger partial charge in [0.2, 0.25) is 0 Å². The van der Waals surface area contributed by atoms with Crippen LogP contribution in [0, 0.1) is 0 Å².